The smallest absolute Gasteiger partial charge is 0.410 e. The Kier molecular flexibility index (Phi) is 4.52. The number of aryl methyl sites for hydroxylation is 1. The number of anilines is 3. The number of pyridine rings is 1. The Balaban J connectivity index is 1.83. The Bertz CT molecular complexity index is 1080. The standard InChI is InChI=1S/C20H17FN4O3/c21-12-3-1-4-13(10-12)23-19-17-14(5-2-6-15(17)26)24-18(19)11-7-8-22-16(9-11)25-20(27)28/h1,3-4,7-10,23-24H,2,5-6H2,(H,22,25)(H,27,28). The van der Waals surface area contributed by atoms with E-state index in [1.54, 1.807) is 24.3 Å². The molecule has 2 heterocycles. The van der Waals surface area contributed by atoms with Gasteiger partial charge in [0, 0.05) is 29.6 Å². The SMILES string of the molecule is O=C(O)Nc1cc(-c2[nH]c3c(c2Nc2cccc(F)c2)C(=O)CCC3)ccn1. The molecule has 0 spiro atoms. The number of Topliss-reactive ketones (excluding diaryl/α,β-unsaturated/α-hetero) is 1. The van der Waals surface area contributed by atoms with Crippen molar-refractivity contribution in [1.29, 1.82) is 0 Å². The van der Waals surface area contributed by atoms with Crippen LogP contribution in [0.5, 0.6) is 0 Å². The average molecular weight is 380 g/mol. The number of benzene rings is 1. The number of carboxylic acid groups (broad SMARTS) is 1. The summed E-state index contributed by atoms with van der Waals surface area (Å²) in [7, 11) is 0. The fraction of sp³-hybridized carbons (Fsp3) is 0.150. The highest BCUT2D eigenvalue weighted by Crippen LogP contribution is 2.39. The van der Waals surface area contributed by atoms with E-state index in [1.165, 1.54) is 18.3 Å². The third kappa shape index (κ3) is 3.44. The van der Waals surface area contributed by atoms with Crippen molar-refractivity contribution in [1.82, 2.24) is 9.97 Å². The summed E-state index contributed by atoms with van der Waals surface area (Å²) in [4.78, 5) is 30.8. The molecule has 28 heavy (non-hydrogen) atoms. The van der Waals surface area contributed by atoms with Crippen LogP contribution >= 0.6 is 0 Å². The first-order valence-electron chi connectivity index (χ1n) is 8.78. The summed E-state index contributed by atoms with van der Waals surface area (Å²) in [6.07, 6.45) is 2.19. The second-order valence-corrected chi connectivity index (χ2v) is 6.50. The number of H-pyrrole nitrogens is 1. The van der Waals surface area contributed by atoms with Crippen molar-refractivity contribution in [2.75, 3.05) is 10.6 Å². The van der Waals surface area contributed by atoms with Crippen LogP contribution in [0, 0.1) is 5.82 Å². The Morgan fingerprint density at radius 3 is 2.86 bits per heavy atom. The fourth-order valence-corrected chi connectivity index (χ4v) is 3.41. The Morgan fingerprint density at radius 1 is 1.21 bits per heavy atom. The summed E-state index contributed by atoms with van der Waals surface area (Å²) in [6, 6.07) is 9.28. The van der Waals surface area contributed by atoms with Crippen molar-refractivity contribution in [3.63, 3.8) is 0 Å². The molecule has 0 fully saturated rings. The molecule has 7 nitrogen and oxygen atoms in total. The molecule has 4 N–H and O–H groups in total. The van der Waals surface area contributed by atoms with Crippen LogP contribution in [-0.4, -0.2) is 27.0 Å². The lowest BCUT2D eigenvalue weighted by Gasteiger charge is -2.14. The lowest BCUT2D eigenvalue weighted by molar-refractivity contribution is 0.0973. The van der Waals surface area contributed by atoms with Gasteiger partial charge in [0.25, 0.3) is 0 Å². The van der Waals surface area contributed by atoms with Gasteiger partial charge in [0.05, 0.1) is 16.9 Å². The topological polar surface area (TPSA) is 107 Å². The largest absolute Gasteiger partial charge is 0.465 e. The Labute approximate surface area is 159 Å². The van der Waals surface area contributed by atoms with Crippen molar-refractivity contribution >= 4 is 29.1 Å². The second kappa shape index (κ2) is 7.15. The second-order valence-electron chi connectivity index (χ2n) is 6.50. The number of carbonyl (C=O) groups excluding carboxylic acids is 1. The van der Waals surface area contributed by atoms with Gasteiger partial charge in [0.15, 0.2) is 5.78 Å². The third-order valence-corrected chi connectivity index (χ3v) is 4.56. The van der Waals surface area contributed by atoms with E-state index in [4.69, 9.17) is 5.11 Å². The van der Waals surface area contributed by atoms with Gasteiger partial charge in [0.2, 0.25) is 0 Å². The number of hydrogen-bond donors (Lipinski definition) is 4. The van der Waals surface area contributed by atoms with Crippen LogP contribution < -0.4 is 10.6 Å². The van der Waals surface area contributed by atoms with E-state index < -0.39 is 6.09 Å². The molecule has 1 aromatic carbocycles. The predicted octanol–water partition coefficient (Wildman–Crippen LogP) is 4.57. The van der Waals surface area contributed by atoms with Gasteiger partial charge < -0.3 is 15.4 Å². The molecule has 4 rings (SSSR count). The van der Waals surface area contributed by atoms with Crippen molar-refractivity contribution in [2.45, 2.75) is 19.3 Å². The molecule has 0 saturated carbocycles. The molecule has 0 radical (unpaired) electrons. The van der Waals surface area contributed by atoms with Crippen molar-refractivity contribution in [3.05, 3.63) is 59.7 Å². The van der Waals surface area contributed by atoms with Crippen LogP contribution in [0.2, 0.25) is 0 Å². The number of rotatable bonds is 4. The van der Waals surface area contributed by atoms with Crippen LogP contribution in [0.3, 0.4) is 0 Å². The molecule has 3 aromatic rings. The highest BCUT2D eigenvalue weighted by atomic mass is 19.1. The van der Waals surface area contributed by atoms with E-state index in [0.717, 1.165) is 18.5 Å². The molecule has 0 unspecified atom stereocenters. The minimum atomic E-state index is -1.22. The summed E-state index contributed by atoms with van der Waals surface area (Å²) >= 11 is 0. The summed E-state index contributed by atoms with van der Waals surface area (Å²) in [5, 5.41) is 14.3. The van der Waals surface area contributed by atoms with Gasteiger partial charge in [-0.25, -0.2) is 14.2 Å². The van der Waals surface area contributed by atoms with E-state index in [0.29, 0.717) is 34.6 Å². The van der Waals surface area contributed by atoms with Gasteiger partial charge in [-0.3, -0.25) is 10.1 Å². The Hall–Kier alpha value is -3.68. The zero-order valence-corrected chi connectivity index (χ0v) is 14.8. The number of halogens is 1. The van der Waals surface area contributed by atoms with Gasteiger partial charge >= 0.3 is 6.09 Å². The minimum Gasteiger partial charge on any atom is -0.465 e. The molecule has 2 aromatic heterocycles. The lowest BCUT2D eigenvalue weighted by atomic mass is 9.95. The van der Waals surface area contributed by atoms with E-state index >= 15 is 0 Å². The number of amides is 1. The highest BCUT2D eigenvalue weighted by Gasteiger charge is 2.27. The number of nitrogens with zero attached hydrogens (tertiary/aromatic N) is 1. The van der Waals surface area contributed by atoms with Crippen LogP contribution in [0.4, 0.5) is 26.4 Å². The molecule has 1 aliphatic carbocycles. The predicted molar refractivity (Wildman–Crippen MR) is 103 cm³/mol. The quantitative estimate of drug-likeness (QED) is 0.530. The van der Waals surface area contributed by atoms with Crippen LogP contribution in [0.25, 0.3) is 11.3 Å². The number of hydrogen-bond acceptors (Lipinski definition) is 4. The van der Waals surface area contributed by atoms with E-state index in [1.807, 2.05) is 0 Å². The van der Waals surface area contributed by atoms with Crippen LogP contribution in [0.1, 0.15) is 28.9 Å². The third-order valence-electron chi connectivity index (χ3n) is 4.56. The first-order chi connectivity index (χ1) is 13.5. The fourth-order valence-electron chi connectivity index (χ4n) is 3.41. The number of aromatic nitrogens is 2. The molecule has 1 amide bonds. The summed E-state index contributed by atoms with van der Waals surface area (Å²) in [5.74, 6) is -0.208. The van der Waals surface area contributed by atoms with Crippen LogP contribution in [0.15, 0.2) is 42.6 Å². The van der Waals surface area contributed by atoms with Gasteiger partial charge in [-0.15, -0.1) is 0 Å². The molecule has 0 aliphatic heterocycles. The highest BCUT2D eigenvalue weighted by molar-refractivity contribution is 6.07. The molecule has 8 heteroatoms. The van der Waals surface area contributed by atoms with Gasteiger partial charge in [-0.1, -0.05) is 6.07 Å². The zero-order chi connectivity index (χ0) is 19.7. The lowest BCUT2D eigenvalue weighted by Crippen LogP contribution is -2.10. The minimum absolute atomic E-state index is 0.0144. The number of carbonyl (C=O) groups is 2. The maximum Gasteiger partial charge on any atom is 0.410 e. The molecule has 1 aliphatic rings. The molecular formula is C20H17FN4O3. The number of nitrogens with one attached hydrogen (secondary N) is 3. The summed E-state index contributed by atoms with van der Waals surface area (Å²) < 4.78 is 13.6. The van der Waals surface area contributed by atoms with E-state index in [-0.39, 0.29) is 17.4 Å². The van der Waals surface area contributed by atoms with Gasteiger partial charge in [-0.05, 0) is 43.2 Å². The van der Waals surface area contributed by atoms with E-state index in [9.17, 15) is 14.0 Å². The van der Waals surface area contributed by atoms with Gasteiger partial charge in [0.1, 0.15) is 11.6 Å². The summed E-state index contributed by atoms with van der Waals surface area (Å²) in [5.41, 5.74) is 3.72. The molecule has 142 valence electrons. The maximum absolute atomic E-state index is 13.6. The van der Waals surface area contributed by atoms with E-state index in [2.05, 4.69) is 20.6 Å². The number of aromatic amines is 1. The van der Waals surface area contributed by atoms with Crippen molar-refractivity contribution in [3.8, 4) is 11.3 Å². The molecule has 0 saturated heterocycles. The maximum atomic E-state index is 13.6. The average Bonchev–Trinajstić information content (AvgIpc) is 3.01. The number of ketones is 1. The normalized spacial score (nSPS) is 13.1. The first-order valence-corrected chi connectivity index (χ1v) is 8.78. The molecular weight excluding hydrogens is 363 g/mol. The Morgan fingerprint density at radius 2 is 2.07 bits per heavy atom. The number of fused-ring (bicyclic) bond motifs is 1. The zero-order valence-electron chi connectivity index (χ0n) is 14.8. The van der Waals surface area contributed by atoms with Crippen molar-refractivity contribution in [2.24, 2.45) is 0 Å². The summed E-state index contributed by atoms with van der Waals surface area (Å²) in [6.45, 7) is 0. The first kappa shape index (κ1) is 17.7. The monoisotopic (exact) mass is 380 g/mol. The van der Waals surface area contributed by atoms with Gasteiger partial charge in [-0.2, -0.15) is 0 Å². The molecule has 0 bridgehead atoms. The van der Waals surface area contributed by atoms with Crippen molar-refractivity contribution < 1.29 is 19.1 Å². The van der Waals surface area contributed by atoms with Crippen LogP contribution in [-0.2, 0) is 6.42 Å². The molecule has 0 atom stereocenters.